The third-order valence-corrected chi connectivity index (χ3v) is 3.45. The highest BCUT2D eigenvalue weighted by atomic mass is 16.7. The van der Waals surface area contributed by atoms with Crippen molar-refractivity contribution in [3.63, 3.8) is 0 Å². The van der Waals surface area contributed by atoms with Gasteiger partial charge in [-0.05, 0) is 60.7 Å². The highest BCUT2D eigenvalue weighted by Crippen LogP contribution is 2.23. The van der Waals surface area contributed by atoms with Gasteiger partial charge in [-0.2, -0.15) is 0 Å². The SMILES string of the molecule is N=COC(=O)Oc1ccc(Nc2ccc(Nc3ccccc3)cc2)cc1. The molecule has 0 spiro atoms. The molecule has 0 aliphatic rings. The maximum Gasteiger partial charge on any atom is 0.520 e. The maximum absolute atomic E-state index is 11.1. The number of hydrogen-bond donors (Lipinski definition) is 3. The Balaban J connectivity index is 1.58. The zero-order chi connectivity index (χ0) is 18.2. The molecule has 3 N–H and O–H groups in total. The molecule has 3 aromatic carbocycles. The van der Waals surface area contributed by atoms with Crippen LogP contribution in [-0.2, 0) is 4.74 Å². The predicted octanol–water partition coefficient (Wildman–Crippen LogP) is 5.30. The summed E-state index contributed by atoms with van der Waals surface area (Å²) < 4.78 is 9.17. The van der Waals surface area contributed by atoms with Gasteiger partial charge in [0.1, 0.15) is 5.75 Å². The van der Waals surface area contributed by atoms with Crippen molar-refractivity contribution in [2.45, 2.75) is 0 Å². The van der Waals surface area contributed by atoms with E-state index in [-0.39, 0.29) is 0 Å². The Labute approximate surface area is 150 Å². The van der Waals surface area contributed by atoms with Crippen LogP contribution in [0.5, 0.6) is 5.75 Å². The second-order valence-corrected chi connectivity index (χ2v) is 5.31. The summed E-state index contributed by atoms with van der Waals surface area (Å²) in [5.74, 6) is 0.338. The van der Waals surface area contributed by atoms with Crippen molar-refractivity contribution in [2.24, 2.45) is 0 Å². The van der Waals surface area contributed by atoms with Gasteiger partial charge in [0.15, 0.2) is 6.40 Å². The van der Waals surface area contributed by atoms with E-state index in [2.05, 4.69) is 15.4 Å². The molecule has 6 heteroatoms. The van der Waals surface area contributed by atoms with Gasteiger partial charge in [-0.25, -0.2) is 4.79 Å². The van der Waals surface area contributed by atoms with E-state index >= 15 is 0 Å². The number of para-hydroxylation sites is 1. The number of carbonyl (C=O) groups is 1. The van der Waals surface area contributed by atoms with Gasteiger partial charge in [0.25, 0.3) is 0 Å². The fourth-order valence-corrected chi connectivity index (χ4v) is 2.27. The van der Waals surface area contributed by atoms with Crippen LogP contribution >= 0.6 is 0 Å². The predicted molar refractivity (Wildman–Crippen MR) is 102 cm³/mol. The molecule has 0 aromatic heterocycles. The lowest BCUT2D eigenvalue weighted by Gasteiger charge is -2.10. The summed E-state index contributed by atoms with van der Waals surface area (Å²) in [7, 11) is 0. The van der Waals surface area contributed by atoms with Crippen LogP contribution in [0.25, 0.3) is 0 Å². The highest BCUT2D eigenvalue weighted by molar-refractivity contribution is 5.73. The quantitative estimate of drug-likeness (QED) is 0.244. The molecule has 0 aliphatic heterocycles. The lowest BCUT2D eigenvalue weighted by Crippen LogP contribution is -2.08. The minimum absolute atomic E-state index is 0.338. The molecule has 0 heterocycles. The summed E-state index contributed by atoms with van der Waals surface area (Å²) in [6, 6.07) is 24.7. The molecular formula is C20H17N3O3. The van der Waals surface area contributed by atoms with Crippen molar-refractivity contribution in [2.75, 3.05) is 10.6 Å². The highest BCUT2D eigenvalue weighted by Gasteiger charge is 2.04. The molecule has 130 valence electrons. The Bertz CT molecular complexity index is 863. The molecule has 0 bridgehead atoms. The monoisotopic (exact) mass is 347 g/mol. The van der Waals surface area contributed by atoms with Crippen LogP contribution in [0, 0.1) is 5.41 Å². The second kappa shape index (κ2) is 8.34. The van der Waals surface area contributed by atoms with Crippen LogP contribution in [0.1, 0.15) is 0 Å². The van der Waals surface area contributed by atoms with Crippen molar-refractivity contribution in [1.29, 1.82) is 5.41 Å². The van der Waals surface area contributed by atoms with Gasteiger partial charge in [0.2, 0.25) is 0 Å². The lowest BCUT2D eigenvalue weighted by atomic mass is 10.2. The van der Waals surface area contributed by atoms with Crippen LogP contribution in [0.2, 0.25) is 0 Å². The van der Waals surface area contributed by atoms with E-state index in [0.29, 0.717) is 12.2 Å². The number of nitrogens with one attached hydrogen (secondary N) is 3. The van der Waals surface area contributed by atoms with Crippen LogP contribution in [0.15, 0.2) is 78.9 Å². The zero-order valence-corrected chi connectivity index (χ0v) is 13.8. The summed E-state index contributed by atoms with van der Waals surface area (Å²) in [5, 5.41) is 13.3. The van der Waals surface area contributed by atoms with Gasteiger partial charge in [0.05, 0.1) is 0 Å². The normalized spacial score (nSPS) is 9.85. The smallest absolute Gasteiger partial charge is 0.395 e. The van der Waals surface area contributed by atoms with E-state index in [1.54, 1.807) is 24.3 Å². The van der Waals surface area contributed by atoms with Crippen molar-refractivity contribution in [3.05, 3.63) is 78.9 Å². The maximum atomic E-state index is 11.1. The summed E-state index contributed by atoms with van der Waals surface area (Å²) in [4.78, 5) is 11.1. The van der Waals surface area contributed by atoms with E-state index in [4.69, 9.17) is 10.1 Å². The molecule has 0 saturated heterocycles. The minimum atomic E-state index is -0.942. The van der Waals surface area contributed by atoms with Gasteiger partial charge in [-0.3, -0.25) is 5.41 Å². The largest absolute Gasteiger partial charge is 0.520 e. The molecule has 0 amide bonds. The zero-order valence-electron chi connectivity index (χ0n) is 13.8. The molecule has 0 atom stereocenters. The molecule has 6 nitrogen and oxygen atoms in total. The Hall–Kier alpha value is -3.80. The summed E-state index contributed by atoms with van der Waals surface area (Å²) in [5.41, 5.74) is 3.81. The number of hydrogen-bond acceptors (Lipinski definition) is 6. The summed E-state index contributed by atoms with van der Waals surface area (Å²) in [6.45, 7) is 0. The molecule has 3 rings (SSSR count). The first-order valence-electron chi connectivity index (χ1n) is 7.89. The number of benzene rings is 3. The van der Waals surface area contributed by atoms with Crippen molar-refractivity contribution >= 4 is 35.3 Å². The fourth-order valence-electron chi connectivity index (χ4n) is 2.27. The third-order valence-electron chi connectivity index (χ3n) is 3.45. The Kier molecular flexibility index (Phi) is 5.47. The van der Waals surface area contributed by atoms with E-state index in [1.807, 2.05) is 54.6 Å². The van der Waals surface area contributed by atoms with Gasteiger partial charge in [-0.1, -0.05) is 18.2 Å². The molecule has 0 fully saturated rings. The molecule has 0 saturated carbocycles. The Morgan fingerprint density at radius 2 is 1.19 bits per heavy atom. The molecule has 3 aromatic rings. The number of anilines is 4. The average Bonchev–Trinajstić information content (AvgIpc) is 2.66. The molecule has 0 radical (unpaired) electrons. The van der Waals surface area contributed by atoms with E-state index in [0.717, 1.165) is 22.7 Å². The first-order valence-corrected chi connectivity index (χ1v) is 7.89. The number of ether oxygens (including phenoxy) is 2. The molecule has 26 heavy (non-hydrogen) atoms. The third kappa shape index (κ3) is 4.85. The van der Waals surface area contributed by atoms with E-state index in [9.17, 15) is 4.79 Å². The Morgan fingerprint density at radius 3 is 1.69 bits per heavy atom. The second-order valence-electron chi connectivity index (χ2n) is 5.31. The van der Waals surface area contributed by atoms with Gasteiger partial charge >= 0.3 is 6.16 Å². The van der Waals surface area contributed by atoms with Gasteiger partial charge < -0.3 is 20.1 Å². The summed E-state index contributed by atoms with van der Waals surface area (Å²) in [6.07, 6.45) is -0.420. The topological polar surface area (TPSA) is 83.4 Å². The van der Waals surface area contributed by atoms with E-state index < -0.39 is 6.16 Å². The standard InChI is InChI=1S/C20H17N3O3/c21-14-25-20(24)26-19-12-10-18(11-13-19)23-17-8-6-16(7-9-17)22-15-4-2-1-3-5-15/h1-14,21-23H. The number of rotatable bonds is 6. The average molecular weight is 347 g/mol. The van der Waals surface area contributed by atoms with Gasteiger partial charge in [0, 0.05) is 22.7 Å². The van der Waals surface area contributed by atoms with Crippen LogP contribution in [0.4, 0.5) is 27.5 Å². The Morgan fingerprint density at radius 1 is 0.731 bits per heavy atom. The van der Waals surface area contributed by atoms with Crippen molar-refractivity contribution in [3.8, 4) is 5.75 Å². The minimum Gasteiger partial charge on any atom is -0.395 e. The first kappa shape index (κ1) is 17.0. The van der Waals surface area contributed by atoms with Crippen molar-refractivity contribution < 1.29 is 14.3 Å². The van der Waals surface area contributed by atoms with Crippen LogP contribution in [0.3, 0.4) is 0 Å². The molecule has 0 unspecified atom stereocenters. The fraction of sp³-hybridized carbons (Fsp3) is 0. The first-order chi connectivity index (χ1) is 12.7. The van der Waals surface area contributed by atoms with Crippen LogP contribution in [-0.4, -0.2) is 12.6 Å². The molecule has 0 aliphatic carbocycles. The van der Waals surface area contributed by atoms with Crippen LogP contribution < -0.4 is 15.4 Å². The van der Waals surface area contributed by atoms with Gasteiger partial charge in [-0.15, -0.1) is 0 Å². The van der Waals surface area contributed by atoms with E-state index in [1.165, 1.54) is 0 Å². The summed E-state index contributed by atoms with van der Waals surface area (Å²) >= 11 is 0. The number of carbonyl (C=O) groups excluding carboxylic acids is 1. The molecular weight excluding hydrogens is 330 g/mol. The lowest BCUT2D eigenvalue weighted by molar-refractivity contribution is 0.150. The van der Waals surface area contributed by atoms with Crippen molar-refractivity contribution in [1.82, 2.24) is 0 Å².